The molecule has 1 aliphatic rings. The number of aryl methyl sites for hydroxylation is 1. The Hall–Kier alpha value is -1.68. The molecule has 16 heavy (non-hydrogen) atoms. The van der Waals surface area contributed by atoms with Crippen LogP contribution in [0.3, 0.4) is 0 Å². The lowest BCUT2D eigenvalue weighted by atomic mass is 10.1. The Kier molecular flexibility index (Phi) is 2.22. The van der Waals surface area contributed by atoms with E-state index in [0.29, 0.717) is 5.88 Å². The summed E-state index contributed by atoms with van der Waals surface area (Å²) in [4.78, 5) is 0. The maximum absolute atomic E-state index is 5.78. The smallest absolute Gasteiger partial charge is 0.241 e. The standard InChI is InChI=1S/C12H13N3O/c1-8-10-4-2-3-5-11(10)12(15-14-8)16-9-6-13-7-9/h2-5,9,13H,6-7H2,1H3. The van der Waals surface area contributed by atoms with Crippen LogP contribution in [0, 0.1) is 6.92 Å². The number of nitrogens with zero attached hydrogens (tertiary/aromatic N) is 2. The lowest BCUT2D eigenvalue weighted by molar-refractivity contribution is 0.137. The molecule has 1 aromatic heterocycles. The first-order valence-electron chi connectivity index (χ1n) is 5.44. The van der Waals surface area contributed by atoms with Gasteiger partial charge in [-0.2, -0.15) is 5.10 Å². The molecule has 2 heterocycles. The van der Waals surface area contributed by atoms with Gasteiger partial charge in [-0.3, -0.25) is 0 Å². The van der Waals surface area contributed by atoms with E-state index in [4.69, 9.17) is 4.74 Å². The normalized spacial score (nSPS) is 16.1. The summed E-state index contributed by atoms with van der Waals surface area (Å²) in [6.45, 7) is 3.75. The van der Waals surface area contributed by atoms with Gasteiger partial charge < -0.3 is 10.1 Å². The minimum absolute atomic E-state index is 0.236. The predicted molar refractivity (Wildman–Crippen MR) is 61.6 cm³/mol. The Morgan fingerprint density at radius 3 is 2.62 bits per heavy atom. The van der Waals surface area contributed by atoms with Crippen LogP contribution >= 0.6 is 0 Å². The van der Waals surface area contributed by atoms with Gasteiger partial charge in [0.15, 0.2) is 0 Å². The molecule has 0 saturated carbocycles. The van der Waals surface area contributed by atoms with Crippen LogP contribution < -0.4 is 10.1 Å². The third-order valence-corrected chi connectivity index (χ3v) is 2.86. The van der Waals surface area contributed by atoms with E-state index in [9.17, 15) is 0 Å². The molecule has 1 aliphatic heterocycles. The minimum atomic E-state index is 0.236. The van der Waals surface area contributed by atoms with Crippen LogP contribution in [-0.4, -0.2) is 29.4 Å². The van der Waals surface area contributed by atoms with Gasteiger partial charge in [-0.25, -0.2) is 0 Å². The van der Waals surface area contributed by atoms with E-state index in [1.54, 1.807) is 0 Å². The van der Waals surface area contributed by atoms with E-state index in [1.807, 2.05) is 31.2 Å². The van der Waals surface area contributed by atoms with Crippen LogP contribution in [-0.2, 0) is 0 Å². The highest BCUT2D eigenvalue weighted by Crippen LogP contribution is 2.25. The van der Waals surface area contributed by atoms with E-state index in [0.717, 1.165) is 29.6 Å². The van der Waals surface area contributed by atoms with Crippen molar-refractivity contribution in [2.24, 2.45) is 0 Å². The summed E-state index contributed by atoms with van der Waals surface area (Å²) in [6.07, 6.45) is 0.236. The Labute approximate surface area is 93.6 Å². The molecule has 1 saturated heterocycles. The highest BCUT2D eigenvalue weighted by atomic mass is 16.5. The molecule has 2 aromatic rings. The van der Waals surface area contributed by atoms with E-state index >= 15 is 0 Å². The lowest BCUT2D eigenvalue weighted by Gasteiger charge is -2.27. The second kappa shape index (κ2) is 3.72. The number of ether oxygens (including phenoxy) is 1. The van der Waals surface area contributed by atoms with Crippen LogP contribution in [0.15, 0.2) is 24.3 Å². The summed E-state index contributed by atoms with van der Waals surface area (Å²) in [6, 6.07) is 8.07. The molecule has 1 aromatic carbocycles. The average molecular weight is 215 g/mol. The van der Waals surface area contributed by atoms with Gasteiger partial charge in [0.05, 0.1) is 5.69 Å². The Bertz CT molecular complexity index is 523. The van der Waals surface area contributed by atoms with E-state index in [2.05, 4.69) is 15.5 Å². The van der Waals surface area contributed by atoms with Gasteiger partial charge in [0.25, 0.3) is 0 Å². The van der Waals surface area contributed by atoms with Crippen LogP contribution in [0.4, 0.5) is 0 Å². The van der Waals surface area contributed by atoms with Crippen molar-refractivity contribution in [1.29, 1.82) is 0 Å². The molecule has 3 rings (SSSR count). The molecule has 0 bridgehead atoms. The maximum atomic E-state index is 5.78. The first-order chi connectivity index (χ1) is 7.84. The molecule has 1 fully saturated rings. The summed E-state index contributed by atoms with van der Waals surface area (Å²) in [5.74, 6) is 0.646. The minimum Gasteiger partial charge on any atom is -0.470 e. The summed E-state index contributed by atoms with van der Waals surface area (Å²) in [7, 11) is 0. The average Bonchev–Trinajstić information content (AvgIpc) is 2.26. The molecule has 1 N–H and O–H groups in total. The fraction of sp³-hybridized carbons (Fsp3) is 0.333. The molecule has 82 valence electrons. The zero-order chi connectivity index (χ0) is 11.0. The van der Waals surface area contributed by atoms with Crippen LogP contribution in [0.5, 0.6) is 5.88 Å². The van der Waals surface area contributed by atoms with Gasteiger partial charge >= 0.3 is 0 Å². The number of nitrogens with one attached hydrogen (secondary N) is 1. The number of hydrogen-bond acceptors (Lipinski definition) is 4. The predicted octanol–water partition coefficient (Wildman–Crippen LogP) is 1.29. The molecule has 0 amide bonds. The zero-order valence-electron chi connectivity index (χ0n) is 9.10. The van der Waals surface area contributed by atoms with E-state index in [-0.39, 0.29) is 6.10 Å². The lowest BCUT2D eigenvalue weighted by Crippen LogP contribution is -2.50. The zero-order valence-corrected chi connectivity index (χ0v) is 9.10. The van der Waals surface area contributed by atoms with Crippen molar-refractivity contribution in [3.8, 4) is 5.88 Å². The SMILES string of the molecule is Cc1nnc(OC2CNC2)c2ccccc12. The second-order valence-electron chi connectivity index (χ2n) is 4.03. The van der Waals surface area contributed by atoms with Crippen molar-refractivity contribution < 1.29 is 4.74 Å². The quantitative estimate of drug-likeness (QED) is 0.820. The van der Waals surface area contributed by atoms with Crippen molar-refractivity contribution in [2.75, 3.05) is 13.1 Å². The van der Waals surface area contributed by atoms with E-state index < -0.39 is 0 Å². The maximum Gasteiger partial charge on any atom is 0.241 e. The van der Waals surface area contributed by atoms with Crippen molar-refractivity contribution in [2.45, 2.75) is 13.0 Å². The molecule has 0 unspecified atom stereocenters. The van der Waals surface area contributed by atoms with Gasteiger partial charge in [0.1, 0.15) is 6.10 Å². The van der Waals surface area contributed by atoms with Crippen molar-refractivity contribution in [3.63, 3.8) is 0 Å². The Balaban J connectivity index is 2.06. The van der Waals surface area contributed by atoms with Crippen LogP contribution in [0.1, 0.15) is 5.69 Å². The Morgan fingerprint density at radius 2 is 1.94 bits per heavy atom. The van der Waals surface area contributed by atoms with Crippen LogP contribution in [0.25, 0.3) is 10.8 Å². The van der Waals surface area contributed by atoms with Gasteiger partial charge in [-0.05, 0) is 13.0 Å². The molecule has 0 radical (unpaired) electrons. The number of aromatic nitrogens is 2. The molecule has 4 nitrogen and oxygen atoms in total. The summed E-state index contributed by atoms with van der Waals surface area (Å²) >= 11 is 0. The topological polar surface area (TPSA) is 47.0 Å². The second-order valence-corrected chi connectivity index (χ2v) is 4.03. The fourth-order valence-corrected chi connectivity index (χ4v) is 1.80. The molecule has 4 heteroatoms. The molecule has 0 atom stereocenters. The summed E-state index contributed by atoms with van der Waals surface area (Å²) < 4.78 is 5.78. The summed E-state index contributed by atoms with van der Waals surface area (Å²) in [5.41, 5.74) is 0.940. The molecule has 0 aliphatic carbocycles. The van der Waals surface area contributed by atoms with Crippen molar-refractivity contribution in [1.82, 2.24) is 15.5 Å². The van der Waals surface area contributed by atoms with E-state index in [1.165, 1.54) is 0 Å². The van der Waals surface area contributed by atoms with Gasteiger partial charge in [-0.15, -0.1) is 5.10 Å². The Morgan fingerprint density at radius 1 is 1.19 bits per heavy atom. The number of rotatable bonds is 2. The monoisotopic (exact) mass is 215 g/mol. The van der Waals surface area contributed by atoms with Gasteiger partial charge in [0, 0.05) is 23.9 Å². The number of hydrogen-bond donors (Lipinski definition) is 1. The molecular weight excluding hydrogens is 202 g/mol. The highest BCUT2D eigenvalue weighted by molar-refractivity contribution is 5.88. The third-order valence-electron chi connectivity index (χ3n) is 2.86. The first kappa shape index (κ1) is 9.54. The fourth-order valence-electron chi connectivity index (χ4n) is 1.80. The van der Waals surface area contributed by atoms with Crippen molar-refractivity contribution >= 4 is 10.8 Å². The van der Waals surface area contributed by atoms with Crippen molar-refractivity contribution in [3.05, 3.63) is 30.0 Å². The molecular formula is C12H13N3O. The summed E-state index contributed by atoms with van der Waals surface area (Å²) in [5, 5.41) is 13.6. The number of benzene rings is 1. The van der Waals surface area contributed by atoms with Gasteiger partial charge in [0.2, 0.25) is 5.88 Å². The molecule has 0 spiro atoms. The number of fused-ring (bicyclic) bond motifs is 1. The largest absolute Gasteiger partial charge is 0.470 e. The first-order valence-corrected chi connectivity index (χ1v) is 5.44. The highest BCUT2D eigenvalue weighted by Gasteiger charge is 2.20. The van der Waals surface area contributed by atoms with Crippen LogP contribution in [0.2, 0.25) is 0 Å². The van der Waals surface area contributed by atoms with Gasteiger partial charge in [-0.1, -0.05) is 18.2 Å². The third kappa shape index (κ3) is 1.51.